The topological polar surface area (TPSA) is 38.1 Å². The number of carbonyl (C=O) groups is 1. The Morgan fingerprint density at radius 1 is 1.29 bits per heavy atom. The molecule has 2 aromatic heterocycles. The summed E-state index contributed by atoms with van der Waals surface area (Å²) in [5.74, 6) is 0.0178. The molecule has 2 heterocycles. The second-order valence-corrected chi connectivity index (χ2v) is 7.45. The predicted octanol–water partition coefficient (Wildman–Crippen LogP) is 4.91. The average molecular weight is 382 g/mol. The molecule has 0 spiro atoms. The summed E-state index contributed by atoms with van der Waals surface area (Å²) in [6, 6.07) is 7.39. The molecule has 0 aliphatic carbocycles. The van der Waals surface area contributed by atoms with E-state index in [9.17, 15) is 4.79 Å². The number of hydrogen-bond donors (Lipinski definition) is 0. The van der Waals surface area contributed by atoms with E-state index < -0.39 is 0 Å². The fourth-order valence-corrected chi connectivity index (χ4v) is 4.06. The van der Waals surface area contributed by atoms with Gasteiger partial charge in [-0.1, -0.05) is 29.3 Å². The summed E-state index contributed by atoms with van der Waals surface area (Å²) in [6.07, 6.45) is 0. The quantitative estimate of drug-likeness (QED) is 0.643. The van der Waals surface area contributed by atoms with Gasteiger partial charge in [0.15, 0.2) is 0 Å². The lowest BCUT2D eigenvalue weighted by atomic mass is 10.2. The first-order valence-corrected chi connectivity index (χ1v) is 9.14. The smallest absolute Gasteiger partial charge is 0.264 e. The molecule has 0 aliphatic rings. The summed E-state index contributed by atoms with van der Waals surface area (Å²) in [6.45, 7) is 5.04. The number of fused-ring (bicyclic) bond motifs is 1. The van der Waals surface area contributed by atoms with Crippen LogP contribution in [0.2, 0.25) is 10.0 Å². The molecule has 0 atom stereocenters. The van der Waals surface area contributed by atoms with Gasteiger partial charge in [-0.05, 0) is 37.6 Å². The predicted molar refractivity (Wildman–Crippen MR) is 100 cm³/mol. The number of benzene rings is 1. The van der Waals surface area contributed by atoms with Gasteiger partial charge in [0.2, 0.25) is 0 Å². The summed E-state index contributed by atoms with van der Waals surface area (Å²) in [7, 11) is 1.90. The standard InChI is InChI=1S/C17H17Cl2N3OS/c1-4-22(9-11-5-6-13(18)14(19)7-11)16(23)15-8-12-10(2)20-21(3)17(12)24-15/h5-8H,4,9H2,1-3H3. The largest absolute Gasteiger partial charge is 0.334 e. The normalized spacial score (nSPS) is 11.2. The van der Waals surface area contributed by atoms with Gasteiger partial charge in [-0.15, -0.1) is 11.3 Å². The third-order valence-corrected chi connectivity index (χ3v) is 5.86. The third-order valence-electron chi connectivity index (χ3n) is 3.93. The number of carbonyl (C=O) groups excluding carboxylic acids is 1. The minimum absolute atomic E-state index is 0.0178. The highest BCUT2D eigenvalue weighted by Gasteiger charge is 2.20. The van der Waals surface area contributed by atoms with E-state index in [0.29, 0.717) is 23.1 Å². The molecule has 0 saturated heterocycles. The highest BCUT2D eigenvalue weighted by Crippen LogP contribution is 2.29. The second kappa shape index (κ2) is 6.75. The van der Waals surface area contributed by atoms with E-state index in [0.717, 1.165) is 26.4 Å². The van der Waals surface area contributed by atoms with Crippen LogP contribution in [0, 0.1) is 6.92 Å². The van der Waals surface area contributed by atoms with Crippen LogP contribution in [-0.4, -0.2) is 27.1 Å². The minimum atomic E-state index is 0.0178. The number of aryl methyl sites for hydroxylation is 2. The lowest BCUT2D eigenvalue weighted by Gasteiger charge is -2.20. The summed E-state index contributed by atoms with van der Waals surface area (Å²) in [5.41, 5.74) is 1.90. The van der Waals surface area contributed by atoms with Gasteiger partial charge < -0.3 is 4.90 Å². The minimum Gasteiger partial charge on any atom is -0.334 e. The Balaban J connectivity index is 1.87. The molecule has 0 saturated carbocycles. The van der Waals surface area contributed by atoms with Crippen molar-refractivity contribution in [3.63, 3.8) is 0 Å². The second-order valence-electron chi connectivity index (χ2n) is 5.61. The van der Waals surface area contributed by atoms with Crippen molar-refractivity contribution in [1.29, 1.82) is 0 Å². The van der Waals surface area contributed by atoms with Gasteiger partial charge in [0, 0.05) is 25.5 Å². The summed E-state index contributed by atoms with van der Waals surface area (Å²) >= 11 is 13.5. The molecule has 4 nitrogen and oxygen atoms in total. The van der Waals surface area contributed by atoms with Gasteiger partial charge in [0.25, 0.3) is 5.91 Å². The van der Waals surface area contributed by atoms with Crippen LogP contribution in [0.1, 0.15) is 27.9 Å². The molecule has 1 amide bonds. The van der Waals surface area contributed by atoms with Crippen molar-refractivity contribution in [2.45, 2.75) is 20.4 Å². The molecule has 0 aliphatic heterocycles. The number of thiophene rings is 1. The van der Waals surface area contributed by atoms with Crippen LogP contribution in [0.15, 0.2) is 24.3 Å². The average Bonchev–Trinajstić information content (AvgIpc) is 3.10. The molecule has 126 valence electrons. The number of hydrogen-bond acceptors (Lipinski definition) is 3. The van der Waals surface area contributed by atoms with E-state index in [-0.39, 0.29) is 5.91 Å². The van der Waals surface area contributed by atoms with Crippen LogP contribution >= 0.6 is 34.5 Å². The number of rotatable bonds is 4. The summed E-state index contributed by atoms with van der Waals surface area (Å²) in [5, 5.41) is 6.43. The highest BCUT2D eigenvalue weighted by molar-refractivity contribution is 7.20. The first-order valence-electron chi connectivity index (χ1n) is 7.57. The Bertz CT molecular complexity index is 882. The van der Waals surface area contributed by atoms with Crippen molar-refractivity contribution in [2.24, 2.45) is 7.05 Å². The molecule has 0 fully saturated rings. The molecular weight excluding hydrogens is 365 g/mol. The van der Waals surface area contributed by atoms with Crippen LogP contribution in [0.4, 0.5) is 0 Å². The number of amides is 1. The Morgan fingerprint density at radius 3 is 2.67 bits per heavy atom. The van der Waals surface area contributed by atoms with Crippen molar-refractivity contribution in [3.8, 4) is 0 Å². The van der Waals surface area contributed by atoms with Gasteiger partial charge >= 0.3 is 0 Å². The molecule has 3 aromatic rings. The van der Waals surface area contributed by atoms with E-state index in [1.807, 2.05) is 37.7 Å². The van der Waals surface area contributed by atoms with Gasteiger partial charge in [-0.2, -0.15) is 5.10 Å². The molecule has 0 N–H and O–H groups in total. The van der Waals surface area contributed by atoms with Gasteiger partial charge in [0.1, 0.15) is 4.83 Å². The maximum atomic E-state index is 12.9. The molecule has 0 bridgehead atoms. The third kappa shape index (κ3) is 3.16. The fourth-order valence-electron chi connectivity index (χ4n) is 2.65. The fraction of sp³-hybridized carbons (Fsp3) is 0.294. The van der Waals surface area contributed by atoms with Crippen LogP contribution in [0.3, 0.4) is 0 Å². The molecule has 0 unspecified atom stereocenters. The lowest BCUT2D eigenvalue weighted by Crippen LogP contribution is -2.29. The summed E-state index contributed by atoms with van der Waals surface area (Å²) < 4.78 is 1.82. The van der Waals surface area contributed by atoms with Gasteiger partial charge in [-0.3, -0.25) is 9.48 Å². The Labute approximate surface area is 154 Å². The van der Waals surface area contributed by atoms with Crippen molar-refractivity contribution in [2.75, 3.05) is 6.54 Å². The Kier molecular flexibility index (Phi) is 4.85. The monoisotopic (exact) mass is 381 g/mol. The Hall–Kier alpha value is -1.56. The van der Waals surface area contributed by atoms with E-state index >= 15 is 0 Å². The maximum absolute atomic E-state index is 12.9. The molecular formula is C17H17Cl2N3OS. The molecule has 0 radical (unpaired) electrons. The zero-order chi connectivity index (χ0) is 17.4. The highest BCUT2D eigenvalue weighted by atomic mass is 35.5. The summed E-state index contributed by atoms with van der Waals surface area (Å²) in [4.78, 5) is 16.4. The van der Waals surface area contributed by atoms with Crippen LogP contribution < -0.4 is 0 Å². The first kappa shape index (κ1) is 17.3. The van der Waals surface area contributed by atoms with Gasteiger partial charge in [0.05, 0.1) is 20.6 Å². The zero-order valence-electron chi connectivity index (χ0n) is 13.6. The van der Waals surface area contributed by atoms with Crippen LogP contribution in [0.5, 0.6) is 0 Å². The van der Waals surface area contributed by atoms with Crippen molar-refractivity contribution < 1.29 is 4.79 Å². The molecule has 3 rings (SSSR count). The molecule has 7 heteroatoms. The van der Waals surface area contributed by atoms with Crippen molar-refractivity contribution in [3.05, 3.63) is 50.4 Å². The van der Waals surface area contributed by atoms with Crippen LogP contribution in [-0.2, 0) is 13.6 Å². The van der Waals surface area contributed by atoms with E-state index in [4.69, 9.17) is 23.2 Å². The van der Waals surface area contributed by atoms with Crippen molar-refractivity contribution >= 4 is 50.7 Å². The van der Waals surface area contributed by atoms with Crippen molar-refractivity contribution in [1.82, 2.24) is 14.7 Å². The number of aromatic nitrogens is 2. The Morgan fingerprint density at radius 2 is 2.04 bits per heavy atom. The molecule has 24 heavy (non-hydrogen) atoms. The maximum Gasteiger partial charge on any atom is 0.264 e. The van der Waals surface area contributed by atoms with E-state index in [1.54, 1.807) is 17.0 Å². The first-order chi connectivity index (χ1) is 11.4. The lowest BCUT2D eigenvalue weighted by molar-refractivity contribution is 0.0757. The number of nitrogens with zero attached hydrogens (tertiary/aromatic N) is 3. The zero-order valence-corrected chi connectivity index (χ0v) is 16.0. The molecule has 1 aromatic carbocycles. The van der Waals surface area contributed by atoms with Crippen LogP contribution in [0.25, 0.3) is 10.2 Å². The van der Waals surface area contributed by atoms with Gasteiger partial charge in [-0.25, -0.2) is 0 Å². The SMILES string of the molecule is CCN(Cc1ccc(Cl)c(Cl)c1)C(=O)c1cc2c(C)nn(C)c2s1. The number of halogens is 2. The van der Waals surface area contributed by atoms with E-state index in [2.05, 4.69) is 5.10 Å². The van der Waals surface area contributed by atoms with E-state index in [1.165, 1.54) is 11.3 Å².